The number of imidazole rings is 1. The average Bonchev–Trinajstić information content (AvgIpc) is 3.30. The Morgan fingerprint density at radius 1 is 1.22 bits per heavy atom. The summed E-state index contributed by atoms with van der Waals surface area (Å²) in [6.45, 7) is 4.88. The van der Waals surface area contributed by atoms with E-state index in [0.717, 1.165) is 11.9 Å². The van der Waals surface area contributed by atoms with Gasteiger partial charge in [0.25, 0.3) is 0 Å². The molecule has 11 heteroatoms. The van der Waals surface area contributed by atoms with Crippen LogP contribution in [0.2, 0.25) is 5.02 Å². The molecule has 1 aromatic carbocycles. The molecule has 172 valence electrons. The van der Waals surface area contributed by atoms with Crippen LogP contribution >= 0.6 is 11.6 Å². The molecule has 0 fully saturated rings. The van der Waals surface area contributed by atoms with E-state index < -0.39 is 23.7 Å². The zero-order valence-corrected chi connectivity index (χ0v) is 18.5. The highest BCUT2D eigenvalue weighted by molar-refractivity contribution is 6.30. The zero-order valence-electron chi connectivity index (χ0n) is 17.8. The molecule has 1 N–H and O–H groups in total. The van der Waals surface area contributed by atoms with Crippen LogP contribution in [-0.4, -0.2) is 42.0 Å². The van der Waals surface area contributed by atoms with Crippen molar-refractivity contribution in [3.63, 3.8) is 0 Å². The van der Waals surface area contributed by atoms with Crippen molar-refractivity contribution < 1.29 is 23.1 Å². The van der Waals surface area contributed by atoms with Crippen molar-refractivity contribution in [2.45, 2.75) is 51.7 Å². The van der Waals surface area contributed by atoms with Crippen molar-refractivity contribution in [1.29, 1.82) is 0 Å². The molecule has 0 unspecified atom stereocenters. The number of alkyl halides is 3. The second kappa shape index (κ2) is 9.41. The third-order valence-corrected chi connectivity index (χ3v) is 5.31. The molecule has 1 atom stereocenters. The van der Waals surface area contributed by atoms with Gasteiger partial charge in [0.1, 0.15) is 5.82 Å². The Balaban J connectivity index is 1.94. The number of aliphatic hydroxyl groups is 1. The van der Waals surface area contributed by atoms with Gasteiger partial charge in [-0.2, -0.15) is 13.2 Å². The third-order valence-electron chi connectivity index (χ3n) is 5.06. The molecule has 3 aromatic rings. The third kappa shape index (κ3) is 5.02. The number of aromatic nitrogens is 5. The maximum absolute atomic E-state index is 13.1. The average molecular weight is 470 g/mol. The summed E-state index contributed by atoms with van der Waals surface area (Å²) in [6.07, 6.45) is -4.02. The van der Waals surface area contributed by atoms with Crippen LogP contribution in [0.25, 0.3) is 5.69 Å². The predicted octanol–water partition coefficient (Wildman–Crippen LogP) is 4.30. The largest absolute Gasteiger partial charge is 0.434 e. The van der Waals surface area contributed by atoms with Crippen molar-refractivity contribution in [1.82, 2.24) is 24.5 Å². The number of hydrogen-bond acceptors (Lipinski definition) is 5. The highest BCUT2D eigenvalue weighted by Crippen LogP contribution is 2.31. The number of benzene rings is 1. The number of aryl methyl sites for hydroxylation is 1. The number of Topliss-reactive ketones (excluding diaryl/α,β-unsaturated/α-hetero) is 1. The number of rotatable bonds is 8. The van der Waals surface area contributed by atoms with Crippen LogP contribution in [0.15, 0.2) is 30.5 Å². The number of carbonyl (C=O) groups excluding carboxylic acids is 1. The second-order valence-electron chi connectivity index (χ2n) is 7.71. The summed E-state index contributed by atoms with van der Waals surface area (Å²) in [4.78, 5) is 16.7. The minimum absolute atomic E-state index is 0.0356. The van der Waals surface area contributed by atoms with E-state index in [1.165, 1.54) is 11.5 Å². The van der Waals surface area contributed by atoms with Gasteiger partial charge in [-0.15, -0.1) is 5.10 Å². The van der Waals surface area contributed by atoms with Crippen molar-refractivity contribution in [2.75, 3.05) is 6.61 Å². The fourth-order valence-corrected chi connectivity index (χ4v) is 3.72. The Kier molecular flexibility index (Phi) is 7.04. The van der Waals surface area contributed by atoms with E-state index >= 15 is 0 Å². The predicted molar refractivity (Wildman–Crippen MR) is 112 cm³/mol. The molecule has 0 aliphatic carbocycles. The highest BCUT2D eigenvalue weighted by atomic mass is 35.5. The highest BCUT2D eigenvalue weighted by Gasteiger charge is 2.36. The SMILES string of the molecule is Cc1nc(C(F)(F)F)cn1[C@@H](CCO)C(=O)Cc1nnn(-c2ccc(Cl)cc2)c1C(C)C. The summed E-state index contributed by atoms with van der Waals surface area (Å²) in [7, 11) is 0. The van der Waals surface area contributed by atoms with E-state index in [4.69, 9.17) is 11.6 Å². The second-order valence-corrected chi connectivity index (χ2v) is 8.15. The molecule has 32 heavy (non-hydrogen) atoms. The van der Waals surface area contributed by atoms with Gasteiger partial charge in [-0.05, 0) is 43.5 Å². The number of carbonyl (C=O) groups is 1. The molecular formula is C21H23ClF3N5O2. The van der Waals surface area contributed by atoms with Crippen molar-refractivity contribution in [3.8, 4) is 5.69 Å². The van der Waals surface area contributed by atoms with E-state index in [1.54, 1.807) is 28.9 Å². The van der Waals surface area contributed by atoms with Gasteiger partial charge in [0.2, 0.25) is 0 Å². The minimum atomic E-state index is -4.63. The van der Waals surface area contributed by atoms with Gasteiger partial charge in [0, 0.05) is 17.8 Å². The molecule has 0 radical (unpaired) electrons. The first-order valence-electron chi connectivity index (χ1n) is 9.99. The molecule has 0 aliphatic heterocycles. The lowest BCUT2D eigenvalue weighted by atomic mass is 10.00. The standard InChI is InChI=1S/C21H23ClF3N5O2/c1-12(2)20-16(27-28-30(20)15-6-4-14(22)5-7-15)10-18(32)17(8-9-31)29-11-19(21(23,24)25)26-13(29)3/h4-7,11-12,17,31H,8-10H2,1-3H3/t17-/m0/s1. The van der Waals surface area contributed by atoms with Crippen molar-refractivity contribution in [3.05, 3.63) is 58.4 Å². The van der Waals surface area contributed by atoms with E-state index in [1.807, 2.05) is 13.8 Å². The van der Waals surface area contributed by atoms with Crippen molar-refractivity contribution >= 4 is 17.4 Å². The van der Waals surface area contributed by atoms with Gasteiger partial charge in [-0.1, -0.05) is 30.7 Å². The monoisotopic (exact) mass is 469 g/mol. The Morgan fingerprint density at radius 2 is 1.88 bits per heavy atom. The Bertz CT molecular complexity index is 1090. The quantitative estimate of drug-likeness (QED) is 0.531. The van der Waals surface area contributed by atoms with Crippen molar-refractivity contribution in [2.24, 2.45) is 0 Å². The van der Waals surface area contributed by atoms with E-state index in [0.29, 0.717) is 16.4 Å². The summed E-state index contributed by atoms with van der Waals surface area (Å²) in [5.41, 5.74) is 0.775. The summed E-state index contributed by atoms with van der Waals surface area (Å²) >= 11 is 5.95. The summed E-state index contributed by atoms with van der Waals surface area (Å²) in [6, 6.07) is 5.97. The topological polar surface area (TPSA) is 85.8 Å². The van der Waals surface area contributed by atoms with Crippen LogP contribution in [0.1, 0.15) is 55.1 Å². The van der Waals surface area contributed by atoms with Gasteiger partial charge in [0.05, 0.1) is 29.5 Å². The molecule has 7 nitrogen and oxygen atoms in total. The Hall–Kier alpha value is -2.72. The molecule has 0 saturated carbocycles. The smallest absolute Gasteiger partial charge is 0.396 e. The van der Waals surface area contributed by atoms with E-state index in [2.05, 4.69) is 15.3 Å². The van der Waals surface area contributed by atoms with Gasteiger partial charge >= 0.3 is 6.18 Å². The molecule has 2 heterocycles. The normalized spacial score (nSPS) is 13.0. The van der Waals surface area contributed by atoms with Gasteiger partial charge in [-0.25, -0.2) is 9.67 Å². The molecule has 0 bridgehead atoms. The maximum Gasteiger partial charge on any atom is 0.434 e. The number of hydrogen-bond donors (Lipinski definition) is 1. The van der Waals surface area contributed by atoms with Crippen LogP contribution in [0, 0.1) is 6.92 Å². The Morgan fingerprint density at radius 3 is 2.41 bits per heavy atom. The number of ketones is 1. The first-order chi connectivity index (χ1) is 15.0. The molecule has 0 aliphatic rings. The summed E-state index contributed by atoms with van der Waals surface area (Å²) in [5, 5.41) is 18.4. The van der Waals surface area contributed by atoms with Gasteiger partial charge < -0.3 is 9.67 Å². The lowest BCUT2D eigenvalue weighted by Crippen LogP contribution is -2.24. The lowest BCUT2D eigenvalue weighted by molar-refractivity contribution is -0.141. The molecule has 3 rings (SSSR count). The molecular weight excluding hydrogens is 447 g/mol. The fraction of sp³-hybridized carbons (Fsp3) is 0.429. The van der Waals surface area contributed by atoms with Gasteiger partial charge in [0.15, 0.2) is 11.5 Å². The molecule has 2 aromatic heterocycles. The van der Waals surface area contributed by atoms with E-state index in [9.17, 15) is 23.1 Å². The maximum atomic E-state index is 13.1. The summed E-state index contributed by atoms with van der Waals surface area (Å²) in [5.74, 6) is -0.386. The van der Waals surface area contributed by atoms with Crippen LogP contribution in [-0.2, 0) is 17.4 Å². The number of aliphatic hydroxyl groups excluding tert-OH is 1. The fourth-order valence-electron chi connectivity index (χ4n) is 3.60. The van der Waals surface area contributed by atoms with Gasteiger partial charge in [-0.3, -0.25) is 4.79 Å². The summed E-state index contributed by atoms with van der Waals surface area (Å²) < 4.78 is 42.0. The minimum Gasteiger partial charge on any atom is -0.396 e. The van der Waals surface area contributed by atoms with E-state index in [-0.39, 0.29) is 31.2 Å². The van der Waals surface area contributed by atoms with Crippen LogP contribution in [0.4, 0.5) is 13.2 Å². The first kappa shape index (κ1) is 23.9. The van der Waals surface area contributed by atoms with Crippen LogP contribution in [0.5, 0.6) is 0 Å². The zero-order chi connectivity index (χ0) is 23.6. The van der Waals surface area contributed by atoms with Crippen LogP contribution in [0.3, 0.4) is 0 Å². The lowest BCUT2D eigenvalue weighted by Gasteiger charge is -2.18. The number of halogens is 4. The number of nitrogens with zero attached hydrogens (tertiary/aromatic N) is 5. The Labute approximate surface area is 187 Å². The van der Waals surface area contributed by atoms with Crippen LogP contribution < -0.4 is 0 Å². The molecule has 0 saturated heterocycles. The molecule has 0 spiro atoms. The first-order valence-corrected chi connectivity index (χ1v) is 10.4. The molecule has 0 amide bonds.